The summed E-state index contributed by atoms with van der Waals surface area (Å²) < 4.78 is 5.58. The second kappa shape index (κ2) is 6.89. The van der Waals surface area contributed by atoms with E-state index in [4.69, 9.17) is 16.3 Å². The Hall–Kier alpha value is -0.710. The van der Waals surface area contributed by atoms with Crippen molar-refractivity contribution >= 4 is 11.6 Å². The number of ether oxygens (including phenoxy) is 1. The van der Waals surface area contributed by atoms with E-state index in [9.17, 15) is 0 Å². The standard InChI is InChI=1S/C12H18ClN3O/c13-12-5-4-11(15-16-12)9-17-8-6-10-3-1-2-7-14-10/h4-5,10,14H,1-3,6-9H2/t10-/m0/s1. The molecule has 1 saturated heterocycles. The van der Waals surface area contributed by atoms with Gasteiger partial charge in [-0.15, -0.1) is 5.10 Å². The molecule has 0 saturated carbocycles. The Kier molecular flexibility index (Phi) is 5.16. The third-order valence-corrected chi connectivity index (χ3v) is 3.16. The molecular formula is C12H18ClN3O. The highest BCUT2D eigenvalue weighted by Gasteiger charge is 2.11. The highest BCUT2D eigenvalue weighted by atomic mass is 35.5. The van der Waals surface area contributed by atoms with E-state index < -0.39 is 0 Å². The maximum absolute atomic E-state index is 5.65. The lowest BCUT2D eigenvalue weighted by Crippen LogP contribution is -2.34. The quantitative estimate of drug-likeness (QED) is 0.820. The van der Waals surface area contributed by atoms with Crippen LogP contribution in [0.2, 0.25) is 5.15 Å². The summed E-state index contributed by atoms with van der Waals surface area (Å²) in [7, 11) is 0. The van der Waals surface area contributed by atoms with Crippen LogP contribution in [0, 0.1) is 0 Å². The Balaban J connectivity index is 1.60. The topological polar surface area (TPSA) is 47.0 Å². The Morgan fingerprint density at radius 2 is 2.29 bits per heavy atom. The van der Waals surface area contributed by atoms with E-state index in [1.54, 1.807) is 6.07 Å². The van der Waals surface area contributed by atoms with Gasteiger partial charge in [0, 0.05) is 12.6 Å². The van der Waals surface area contributed by atoms with Crippen molar-refractivity contribution in [1.82, 2.24) is 15.5 Å². The largest absolute Gasteiger partial charge is 0.375 e. The molecule has 0 spiro atoms. The van der Waals surface area contributed by atoms with Crippen molar-refractivity contribution in [3.63, 3.8) is 0 Å². The van der Waals surface area contributed by atoms with E-state index in [0.29, 0.717) is 17.8 Å². The van der Waals surface area contributed by atoms with Gasteiger partial charge in [-0.25, -0.2) is 0 Å². The summed E-state index contributed by atoms with van der Waals surface area (Å²) in [4.78, 5) is 0. The first-order valence-corrected chi connectivity index (χ1v) is 6.51. The number of nitrogens with one attached hydrogen (secondary N) is 1. The van der Waals surface area contributed by atoms with E-state index in [1.807, 2.05) is 6.07 Å². The number of aromatic nitrogens is 2. The van der Waals surface area contributed by atoms with Crippen LogP contribution in [-0.4, -0.2) is 29.4 Å². The number of hydrogen-bond donors (Lipinski definition) is 1. The predicted octanol–water partition coefficient (Wildman–Crippen LogP) is 2.18. The second-order valence-electron chi connectivity index (χ2n) is 4.34. The molecule has 0 aliphatic carbocycles. The third kappa shape index (κ3) is 4.58. The van der Waals surface area contributed by atoms with Gasteiger partial charge in [-0.2, -0.15) is 5.10 Å². The van der Waals surface area contributed by atoms with Crippen LogP contribution in [0.4, 0.5) is 0 Å². The van der Waals surface area contributed by atoms with Crippen LogP contribution in [0.25, 0.3) is 0 Å². The number of halogens is 1. The van der Waals surface area contributed by atoms with Crippen molar-refractivity contribution in [2.24, 2.45) is 0 Å². The molecule has 1 N–H and O–H groups in total. The van der Waals surface area contributed by atoms with Crippen LogP contribution in [-0.2, 0) is 11.3 Å². The van der Waals surface area contributed by atoms with Gasteiger partial charge in [-0.1, -0.05) is 18.0 Å². The van der Waals surface area contributed by atoms with E-state index in [1.165, 1.54) is 19.3 Å². The SMILES string of the molecule is Clc1ccc(COCC[C@@H]2CCCCN2)nn1. The molecule has 17 heavy (non-hydrogen) atoms. The fourth-order valence-corrected chi connectivity index (χ4v) is 2.09. The fourth-order valence-electron chi connectivity index (χ4n) is 1.99. The maximum atomic E-state index is 5.65. The second-order valence-corrected chi connectivity index (χ2v) is 4.72. The zero-order chi connectivity index (χ0) is 11.9. The Morgan fingerprint density at radius 1 is 1.35 bits per heavy atom. The summed E-state index contributed by atoms with van der Waals surface area (Å²) in [6.45, 7) is 2.42. The summed E-state index contributed by atoms with van der Waals surface area (Å²) in [6, 6.07) is 4.20. The van der Waals surface area contributed by atoms with Crippen LogP contribution in [0.3, 0.4) is 0 Å². The van der Waals surface area contributed by atoms with Crippen molar-refractivity contribution < 1.29 is 4.74 Å². The molecule has 2 rings (SSSR count). The van der Waals surface area contributed by atoms with E-state index in [2.05, 4.69) is 15.5 Å². The van der Waals surface area contributed by atoms with Crippen molar-refractivity contribution in [1.29, 1.82) is 0 Å². The van der Waals surface area contributed by atoms with Gasteiger partial charge in [-0.3, -0.25) is 0 Å². The summed E-state index contributed by atoms with van der Waals surface area (Å²) in [5.74, 6) is 0. The van der Waals surface area contributed by atoms with Gasteiger partial charge in [0.15, 0.2) is 5.15 Å². The van der Waals surface area contributed by atoms with Gasteiger partial charge in [-0.05, 0) is 37.9 Å². The maximum Gasteiger partial charge on any atom is 0.151 e. The molecular weight excluding hydrogens is 238 g/mol. The van der Waals surface area contributed by atoms with Crippen LogP contribution in [0.15, 0.2) is 12.1 Å². The molecule has 1 aromatic heterocycles. The summed E-state index contributed by atoms with van der Waals surface area (Å²) in [5.41, 5.74) is 0.825. The molecule has 1 fully saturated rings. The van der Waals surface area contributed by atoms with Gasteiger partial charge >= 0.3 is 0 Å². The van der Waals surface area contributed by atoms with Gasteiger partial charge in [0.2, 0.25) is 0 Å². The lowest BCUT2D eigenvalue weighted by Gasteiger charge is -2.23. The minimum absolute atomic E-state index is 0.417. The molecule has 0 bridgehead atoms. The van der Waals surface area contributed by atoms with Crippen molar-refractivity contribution in [2.75, 3.05) is 13.2 Å². The lowest BCUT2D eigenvalue weighted by molar-refractivity contribution is 0.105. The molecule has 5 heteroatoms. The molecule has 1 atom stereocenters. The molecule has 94 valence electrons. The van der Waals surface area contributed by atoms with E-state index >= 15 is 0 Å². The molecule has 0 radical (unpaired) electrons. The van der Waals surface area contributed by atoms with Gasteiger partial charge in [0.05, 0.1) is 12.3 Å². The Labute approximate surface area is 107 Å². The number of piperidine rings is 1. The zero-order valence-corrected chi connectivity index (χ0v) is 10.6. The monoisotopic (exact) mass is 255 g/mol. The molecule has 0 amide bonds. The third-order valence-electron chi connectivity index (χ3n) is 2.96. The highest BCUT2D eigenvalue weighted by molar-refractivity contribution is 6.29. The molecule has 1 aliphatic heterocycles. The van der Waals surface area contributed by atoms with E-state index in [0.717, 1.165) is 25.3 Å². The fraction of sp³-hybridized carbons (Fsp3) is 0.667. The van der Waals surface area contributed by atoms with Gasteiger partial charge in [0.25, 0.3) is 0 Å². The minimum Gasteiger partial charge on any atom is -0.375 e. The van der Waals surface area contributed by atoms with Crippen LogP contribution >= 0.6 is 11.6 Å². The highest BCUT2D eigenvalue weighted by Crippen LogP contribution is 2.10. The smallest absolute Gasteiger partial charge is 0.151 e. The van der Waals surface area contributed by atoms with Crippen LogP contribution in [0.1, 0.15) is 31.4 Å². The molecule has 1 aromatic rings. The first-order chi connectivity index (χ1) is 8.34. The average molecular weight is 256 g/mol. The molecule has 0 aromatic carbocycles. The summed E-state index contributed by atoms with van der Waals surface area (Å²) in [5, 5.41) is 11.6. The molecule has 0 unspecified atom stereocenters. The van der Waals surface area contributed by atoms with Gasteiger partial charge in [0.1, 0.15) is 0 Å². The number of nitrogens with zero attached hydrogens (tertiary/aromatic N) is 2. The summed E-state index contributed by atoms with van der Waals surface area (Å²) >= 11 is 5.65. The first-order valence-electron chi connectivity index (χ1n) is 6.14. The Bertz CT molecular complexity index is 325. The first kappa shape index (κ1) is 12.7. The lowest BCUT2D eigenvalue weighted by atomic mass is 10.0. The Morgan fingerprint density at radius 3 is 3.00 bits per heavy atom. The van der Waals surface area contributed by atoms with Gasteiger partial charge < -0.3 is 10.1 Å². The van der Waals surface area contributed by atoms with Crippen molar-refractivity contribution in [3.8, 4) is 0 Å². The minimum atomic E-state index is 0.417. The van der Waals surface area contributed by atoms with Crippen LogP contribution < -0.4 is 5.32 Å². The van der Waals surface area contributed by atoms with Crippen molar-refractivity contribution in [2.45, 2.75) is 38.3 Å². The number of rotatable bonds is 5. The molecule has 2 heterocycles. The molecule has 4 nitrogen and oxygen atoms in total. The van der Waals surface area contributed by atoms with Crippen LogP contribution in [0.5, 0.6) is 0 Å². The van der Waals surface area contributed by atoms with E-state index in [-0.39, 0.29) is 0 Å². The number of hydrogen-bond acceptors (Lipinski definition) is 4. The average Bonchev–Trinajstić information content (AvgIpc) is 2.38. The zero-order valence-electron chi connectivity index (χ0n) is 9.86. The summed E-state index contributed by atoms with van der Waals surface area (Å²) in [6.07, 6.45) is 4.98. The normalized spacial score (nSPS) is 20.4. The molecule has 1 aliphatic rings. The predicted molar refractivity (Wildman–Crippen MR) is 67.0 cm³/mol. The van der Waals surface area contributed by atoms with Crippen molar-refractivity contribution in [3.05, 3.63) is 23.0 Å².